The van der Waals surface area contributed by atoms with Crippen LogP contribution in [0, 0.1) is 0 Å². The Bertz CT molecular complexity index is 1060. The van der Waals surface area contributed by atoms with E-state index in [2.05, 4.69) is 25.5 Å². The van der Waals surface area contributed by atoms with Crippen molar-refractivity contribution >= 4 is 33.0 Å². The second kappa shape index (κ2) is 9.42. The van der Waals surface area contributed by atoms with Gasteiger partial charge >= 0.3 is 0 Å². The minimum Gasteiger partial charge on any atom is -0.346 e. The van der Waals surface area contributed by atoms with Crippen LogP contribution in [0.4, 0.5) is 5.69 Å². The number of amides is 1. The third-order valence-electron chi connectivity index (χ3n) is 4.94. The number of para-hydroxylation sites is 1. The Morgan fingerprint density at radius 2 is 1.70 bits per heavy atom. The van der Waals surface area contributed by atoms with E-state index < -0.39 is 10.0 Å². The Balaban J connectivity index is 1.69. The summed E-state index contributed by atoms with van der Waals surface area (Å²) in [7, 11) is 1.92. The van der Waals surface area contributed by atoms with Gasteiger partial charge in [0.15, 0.2) is 0 Å². The van der Waals surface area contributed by atoms with Crippen LogP contribution in [0.25, 0.3) is 0 Å². The van der Waals surface area contributed by atoms with Crippen molar-refractivity contribution in [3.8, 4) is 0 Å². The van der Waals surface area contributed by atoms with Crippen LogP contribution >= 0.6 is 11.3 Å². The van der Waals surface area contributed by atoms with E-state index in [1.165, 1.54) is 33.3 Å². The summed E-state index contributed by atoms with van der Waals surface area (Å²) in [5.74, 6) is -0.224. The molecule has 1 amide bonds. The maximum atomic E-state index is 12.9. The van der Waals surface area contributed by atoms with Crippen LogP contribution in [0.3, 0.4) is 0 Å². The highest BCUT2D eigenvalue weighted by Gasteiger charge is 2.23. The first-order chi connectivity index (χ1) is 14.3. The summed E-state index contributed by atoms with van der Waals surface area (Å²) in [6, 6.07) is 19.1. The average Bonchev–Trinajstić information content (AvgIpc) is 3.28. The van der Waals surface area contributed by atoms with Gasteiger partial charge in [-0.25, -0.2) is 8.42 Å². The highest BCUT2D eigenvalue weighted by atomic mass is 32.2. The fourth-order valence-electron chi connectivity index (χ4n) is 3.09. The van der Waals surface area contributed by atoms with Crippen molar-refractivity contribution in [2.75, 3.05) is 32.0 Å². The number of nitrogens with one attached hydrogen (secondary N) is 2. The highest BCUT2D eigenvalue weighted by molar-refractivity contribution is 7.92. The molecule has 1 atom stereocenters. The molecule has 0 aliphatic heterocycles. The first kappa shape index (κ1) is 22.0. The number of hydrogen-bond donors (Lipinski definition) is 2. The number of sulfonamides is 1. The second-order valence-electron chi connectivity index (χ2n) is 7.19. The Morgan fingerprint density at radius 3 is 2.27 bits per heavy atom. The molecule has 1 heterocycles. The molecule has 0 saturated carbocycles. The maximum Gasteiger partial charge on any atom is 0.264 e. The van der Waals surface area contributed by atoms with Crippen molar-refractivity contribution in [1.82, 2.24) is 5.32 Å². The van der Waals surface area contributed by atoms with E-state index in [-0.39, 0.29) is 16.8 Å². The van der Waals surface area contributed by atoms with Crippen LogP contribution in [0.2, 0.25) is 0 Å². The molecule has 158 valence electrons. The van der Waals surface area contributed by atoms with Crippen LogP contribution < -0.4 is 14.5 Å². The molecule has 0 spiro atoms. The highest BCUT2D eigenvalue weighted by Crippen LogP contribution is 2.22. The molecule has 3 aromatic rings. The Hall–Kier alpha value is -2.68. The van der Waals surface area contributed by atoms with E-state index in [0.29, 0.717) is 17.8 Å². The molecule has 30 heavy (non-hydrogen) atoms. The van der Waals surface area contributed by atoms with Crippen molar-refractivity contribution in [3.63, 3.8) is 0 Å². The summed E-state index contributed by atoms with van der Waals surface area (Å²) in [5.41, 5.74) is 1.00. The van der Waals surface area contributed by atoms with Gasteiger partial charge in [0.1, 0.15) is 6.04 Å². The van der Waals surface area contributed by atoms with Gasteiger partial charge in [-0.05, 0) is 47.8 Å². The molecule has 0 unspecified atom stereocenters. The van der Waals surface area contributed by atoms with E-state index in [1.54, 1.807) is 47.7 Å². The van der Waals surface area contributed by atoms with Crippen LogP contribution in [-0.4, -0.2) is 42.0 Å². The molecular weight excluding hydrogens is 418 g/mol. The summed E-state index contributed by atoms with van der Waals surface area (Å²) < 4.78 is 26.9. The topological polar surface area (TPSA) is 70.9 Å². The van der Waals surface area contributed by atoms with Crippen molar-refractivity contribution in [3.05, 3.63) is 82.6 Å². The zero-order valence-corrected chi connectivity index (χ0v) is 18.8. The molecule has 0 fully saturated rings. The summed E-state index contributed by atoms with van der Waals surface area (Å²) in [5, 5.41) is 4.99. The largest absolute Gasteiger partial charge is 0.346 e. The molecule has 2 N–H and O–H groups in total. The van der Waals surface area contributed by atoms with Crippen LogP contribution in [0.1, 0.15) is 21.3 Å². The molecule has 2 aromatic carbocycles. The normalized spacial score (nSPS) is 12.5. The van der Waals surface area contributed by atoms with Crippen molar-refractivity contribution in [2.45, 2.75) is 10.9 Å². The Labute approximate surface area is 181 Å². The van der Waals surface area contributed by atoms with E-state index in [0.717, 1.165) is 0 Å². The number of hydrogen-bond acceptors (Lipinski definition) is 4. The quantitative estimate of drug-likeness (QED) is 0.560. The Morgan fingerprint density at radius 1 is 1.03 bits per heavy atom. The zero-order chi connectivity index (χ0) is 21.7. The third kappa shape index (κ3) is 4.89. The van der Waals surface area contributed by atoms with Gasteiger partial charge in [-0.15, -0.1) is 11.3 Å². The predicted octanol–water partition coefficient (Wildman–Crippen LogP) is 2.19. The van der Waals surface area contributed by atoms with Gasteiger partial charge in [0, 0.05) is 12.6 Å². The van der Waals surface area contributed by atoms with Gasteiger partial charge < -0.3 is 10.2 Å². The number of carbonyl (C=O) groups is 1. The Kier molecular flexibility index (Phi) is 6.91. The lowest BCUT2D eigenvalue weighted by molar-refractivity contribution is -0.890. The zero-order valence-electron chi connectivity index (χ0n) is 17.2. The second-order valence-corrected chi connectivity index (χ2v) is 10.1. The number of anilines is 1. The summed E-state index contributed by atoms with van der Waals surface area (Å²) in [4.78, 5) is 15.2. The molecule has 8 heteroatoms. The lowest BCUT2D eigenvalue weighted by atomic mass is 10.2. The van der Waals surface area contributed by atoms with Gasteiger partial charge in [-0.2, -0.15) is 0 Å². The summed E-state index contributed by atoms with van der Waals surface area (Å²) in [6.07, 6.45) is 0. The first-order valence-corrected chi connectivity index (χ1v) is 11.9. The van der Waals surface area contributed by atoms with Gasteiger partial charge in [-0.3, -0.25) is 9.10 Å². The maximum absolute atomic E-state index is 12.9. The number of likely N-dealkylation sites (N-methyl/N-ethyl adjacent to an activating group) is 1. The number of rotatable bonds is 8. The molecule has 0 bridgehead atoms. The van der Waals surface area contributed by atoms with Gasteiger partial charge in [-0.1, -0.05) is 24.3 Å². The molecular formula is C22H26N3O3S2+. The lowest BCUT2D eigenvalue weighted by Crippen LogP contribution is -3.06. The minimum atomic E-state index is -3.70. The van der Waals surface area contributed by atoms with Crippen LogP contribution in [-0.2, 0) is 10.0 Å². The standard InChI is InChI=1S/C22H25N3O3S2/c1-24(2)20(21-10-7-15-29-21)16-23-22(26)17-11-13-19(14-12-17)30(27,28)25(3)18-8-5-4-6-9-18/h4-15,20H,16H2,1-3H3,(H,23,26)/p+1/t20-/m1/s1. The predicted molar refractivity (Wildman–Crippen MR) is 121 cm³/mol. The van der Waals surface area contributed by atoms with Gasteiger partial charge in [0.2, 0.25) is 0 Å². The van der Waals surface area contributed by atoms with E-state index in [1.807, 2.05) is 17.5 Å². The minimum absolute atomic E-state index is 0.139. The number of thiophene rings is 1. The fraction of sp³-hybridized carbons (Fsp3) is 0.227. The number of nitrogens with zero attached hydrogens (tertiary/aromatic N) is 1. The van der Waals surface area contributed by atoms with Crippen molar-refractivity contribution in [1.29, 1.82) is 0 Å². The van der Waals surface area contributed by atoms with Gasteiger partial charge in [0.05, 0.1) is 36.1 Å². The van der Waals surface area contributed by atoms with E-state index in [4.69, 9.17) is 0 Å². The number of carbonyl (C=O) groups excluding carboxylic acids is 1. The molecule has 0 saturated heterocycles. The van der Waals surface area contributed by atoms with E-state index in [9.17, 15) is 13.2 Å². The molecule has 0 aliphatic carbocycles. The smallest absolute Gasteiger partial charge is 0.264 e. The van der Waals surface area contributed by atoms with Crippen LogP contribution in [0.15, 0.2) is 77.0 Å². The molecule has 0 radical (unpaired) electrons. The first-order valence-electron chi connectivity index (χ1n) is 9.56. The lowest BCUT2D eigenvalue weighted by Gasteiger charge is -2.21. The number of quaternary nitrogens is 1. The van der Waals surface area contributed by atoms with Crippen molar-refractivity contribution < 1.29 is 18.1 Å². The van der Waals surface area contributed by atoms with Gasteiger partial charge in [0.25, 0.3) is 15.9 Å². The van der Waals surface area contributed by atoms with Crippen LogP contribution in [0.5, 0.6) is 0 Å². The fourth-order valence-corrected chi connectivity index (χ4v) is 5.24. The monoisotopic (exact) mass is 444 g/mol. The summed E-state index contributed by atoms with van der Waals surface area (Å²) >= 11 is 1.67. The molecule has 0 aliphatic rings. The SMILES string of the molecule is CN(c1ccccc1)S(=O)(=O)c1ccc(C(=O)NC[C@H](c2cccs2)[NH+](C)C)cc1. The van der Waals surface area contributed by atoms with E-state index >= 15 is 0 Å². The average molecular weight is 445 g/mol. The third-order valence-corrected chi connectivity index (χ3v) is 7.73. The molecule has 1 aromatic heterocycles. The molecule has 6 nitrogen and oxygen atoms in total. The number of benzene rings is 2. The van der Waals surface area contributed by atoms with Crippen molar-refractivity contribution in [2.24, 2.45) is 0 Å². The summed E-state index contributed by atoms with van der Waals surface area (Å²) in [6.45, 7) is 0.498. The molecule has 3 rings (SSSR count).